The lowest BCUT2D eigenvalue weighted by Gasteiger charge is -2.24. The van der Waals surface area contributed by atoms with Crippen molar-refractivity contribution in [3.8, 4) is 44.9 Å². The second-order valence-corrected chi connectivity index (χ2v) is 11.7. The van der Waals surface area contributed by atoms with E-state index >= 15 is 0 Å². The van der Waals surface area contributed by atoms with Crippen LogP contribution in [0.25, 0.3) is 87.2 Å². The summed E-state index contributed by atoms with van der Waals surface area (Å²) >= 11 is 0. The third-order valence-electron chi connectivity index (χ3n) is 9.31. The van der Waals surface area contributed by atoms with Gasteiger partial charge in [0.1, 0.15) is 11.5 Å². The van der Waals surface area contributed by atoms with Gasteiger partial charge in [-0.3, -0.25) is 0 Å². The third kappa shape index (κ3) is 3.56. The number of ether oxygens (including phenoxy) is 1. The Morgan fingerprint density at radius 2 is 1.16 bits per heavy atom. The Labute approximate surface area is 267 Å². The highest BCUT2D eigenvalue weighted by Crippen LogP contribution is 2.51. The van der Waals surface area contributed by atoms with Crippen LogP contribution in [0, 0.1) is 0 Å². The average molecular weight is 576 g/mol. The van der Waals surface area contributed by atoms with E-state index in [0.29, 0.717) is 5.56 Å². The van der Waals surface area contributed by atoms with Crippen molar-refractivity contribution in [1.82, 2.24) is 0 Å². The molecule has 0 unspecified atom stereocenters. The molecule has 10 rings (SSSR count). The van der Waals surface area contributed by atoms with Crippen LogP contribution < -0.4 is 4.74 Å². The van der Waals surface area contributed by atoms with Gasteiger partial charge in [0.25, 0.3) is 0 Å². The van der Waals surface area contributed by atoms with Gasteiger partial charge in [-0.25, -0.2) is 0 Å². The minimum Gasteiger partial charge on any atom is -0.455 e. The second-order valence-electron chi connectivity index (χ2n) is 11.7. The quantitative estimate of drug-likeness (QED) is 0.147. The maximum absolute atomic E-state index is 8.87. The molecule has 0 fully saturated rings. The molecule has 0 amide bonds. The van der Waals surface area contributed by atoms with E-state index in [0.717, 1.165) is 87.6 Å². The molecule has 0 bridgehead atoms. The molecule has 9 aromatic carbocycles. The van der Waals surface area contributed by atoms with Crippen molar-refractivity contribution in [1.29, 1.82) is 0 Å². The molecule has 9 aromatic rings. The fourth-order valence-corrected chi connectivity index (χ4v) is 7.29. The zero-order valence-electron chi connectivity index (χ0n) is 29.0. The molecule has 0 radical (unpaired) electrons. The lowest BCUT2D eigenvalue weighted by Crippen LogP contribution is -1.98. The van der Waals surface area contributed by atoms with Gasteiger partial charge in [0.2, 0.25) is 0 Å². The van der Waals surface area contributed by atoms with Crippen molar-refractivity contribution in [3.05, 3.63) is 158 Å². The van der Waals surface area contributed by atoms with Crippen LogP contribution >= 0.6 is 0 Å². The van der Waals surface area contributed by atoms with Gasteiger partial charge in [0, 0.05) is 16.3 Å². The van der Waals surface area contributed by atoms with Crippen molar-refractivity contribution >= 4 is 53.9 Å². The predicted molar refractivity (Wildman–Crippen MR) is 190 cm³/mol. The van der Waals surface area contributed by atoms with E-state index in [-0.39, 0.29) is 29.7 Å². The lowest BCUT2D eigenvalue weighted by atomic mass is 9.87. The molecule has 1 aliphatic heterocycles. The summed E-state index contributed by atoms with van der Waals surface area (Å²) in [5, 5.41) is 10.1. The van der Waals surface area contributed by atoms with Crippen molar-refractivity contribution in [2.75, 3.05) is 0 Å². The molecule has 0 saturated carbocycles. The van der Waals surface area contributed by atoms with Gasteiger partial charge < -0.3 is 4.74 Å². The molecule has 1 nitrogen and oxygen atoms in total. The molecule has 0 aromatic heterocycles. The van der Waals surface area contributed by atoms with Crippen LogP contribution in [0.2, 0.25) is 0 Å². The normalized spacial score (nSPS) is 13.7. The van der Waals surface area contributed by atoms with Gasteiger partial charge in [-0.05, 0) is 95.2 Å². The zero-order chi connectivity index (χ0) is 33.8. The van der Waals surface area contributed by atoms with E-state index in [4.69, 9.17) is 11.6 Å². The maximum atomic E-state index is 8.87. The molecular formula is C44H26O. The van der Waals surface area contributed by atoms with E-state index in [1.807, 2.05) is 42.5 Å². The van der Waals surface area contributed by atoms with Crippen molar-refractivity contribution < 1.29 is 11.6 Å². The first-order valence-electron chi connectivity index (χ1n) is 17.6. The number of hydrogen-bond donors (Lipinski definition) is 0. The van der Waals surface area contributed by atoms with Gasteiger partial charge in [-0.2, -0.15) is 0 Å². The fraction of sp³-hybridized carbons (Fsp3) is 0. The third-order valence-corrected chi connectivity index (χ3v) is 9.31. The van der Waals surface area contributed by atoms with E-state index in [9.17, 15) is 0 Å². The summed E-state index contributed by atoms with van der Waals surface area (Å²) in [6.07, 6.45) is 0. The molecule has 0 spiro atoms. The minimum atomic E-state index is -0.397. The van der Waals surface area contributed by atoms with E-state index < -0.39 is 6.04 Å². The number of benzene rings is 9. The number of rotatable bonds is 2. The lowest BCUT2D eigenvalue weighted by molar-refractivity contribution is 0.493. The first kappa shape index (κ1) is 20.1. The fourth-order valence-electron chi connectivity index (χ4n) is 7.29. The van der Waals surface area contributed by atoms with E-state index in [2.05, 4.69) is 84.9 Å². The van der Waals surface area contributed by atoms with Crippen LogP contribution in [0.4, 0.5) is 0 Å². The molecule has 1 heteroatoms. The Morgan fingerprint density at radius 1 is 0.422 bits per heavy atom. The topological polar surface area (TPSA) is 9.23 Å². The minimum absolute atomic E-state index is 0.205. The van der Waals surface area contributed by atoms with Gasteiger partial charge in [-0.15, -0.1) is 0 Å². The summed E-state index contributed by atoms with van der Waals surface area (Å²) in [6.45, 7) is 0. The van der Waals surface area contributed by atoms with Crippen molar-refractivity contribution in [2.24, 2.45) is 0 Å². The number of fused-ring (bicyclic) bond motifs is 8. The van der Waals surface area contributed by atoms with Crippen LogP contribution in [0.5, 0.6) is 11.5 Å². The van der Waals surface area contributed by atoms with Crippen LogP contribution in [-0.2, 0) is 0 Å². The molecule has 45 heavy (non-hydrogen) atoms. The number of hydrogen-bond acceptors (Lipinski definition) is 1. The predicted octanol–water partition coefficient (Wildman–Crippen LogP) is 12.6. The highest BCUT2D eigenvalue weighted by atomic mass is 16.5. The Bertz CT molecular complexity index is 2940. The molecule has 0 saturated heterocycles. The Hall–Kier alpha value is -5.92. The Morgan fingerprint density at radius 3 is 2.07 bits per heavy atom. The highest BCUT2D eigenvalue weighted by Gasteiger charge is 2.23. The summed E-state index contributed by atoms with van der Waals surface area (Å²) in [4.78, 5) is 0. The summed E-state index contributed by atoms with van der Waals surface area (Å²) in [5.74, 6) is 1.72. The Kier molecular flexibility index (Phi) is 4.15. The first-order chi connectivity index (χ1) is 24.4. The first-order valence-corrected chi connectivity index (χ1v) is 15.1. The monoisotopic (exact) mass is 575 g/mol. The summed E-state index contributed by atoms with van der Waals surface area (Å²) in [5.41, 5.74) is 5.22. The maximum Gasteiger partial charge on any atom is 0.143 e. The summed E-state index contributed by atoms with van der Waals surface area (Å²) in [7, 11) is 0. The molecule has 0 atom stereocenters. The molecule has 0 aliphatic carbocycles. The SMILES string of the molecule is [2H]c1c([2H])c([2H])c(-c2c3ccccc3cc3c2ccc2ccc(-c4ccc5c6c(cccc46)-c4ccc6ccccc6c4O5)cc23)c([2H])c1[2H]. The summed E-state index contributed by atoms with van der Waals surface area (Å²) in [6, 6.07) is 42.4. The summed E-state index contributed by atoms with van der Waals surface area (Å²) < 4.78 is 49.4. The zero-order valence-corrected chi connectivity index (χ0v) is 24.0. The molecule has 1 aliphatic rings. The molecule has 208 valence electrons. The van der Waals surface area contributed by atoms with E-state index in [1.54, 1.807) is 0 Å². The largest absolute Gasteiger partial charge is 0.455 e. The van der Waals surface area contributed by atoms with Crippen LogP contribution in [0.15, 0.2) is 158 Å². The molecular weight excluding hydrogens is 544 g/mol. The van der Waals surface area contributed by atoms with E-state index in [1.165, 1.54) is 0 Å². The molecule has 0 N–H and O–H groups in total. The highest BCUT2D eigenvalue weighted by molar-refractivity contribution is 6.21. The second kappa shape index (κ2) is 9.29. The van der Waals surface area contributed by atoms with Crippen molar-refractivity contribution in [2.45, 2.75) is 0 Å². The Balaban J connectivity index is 1.24. The van der Waals surface area contributed by atoms with Gasteiger partial charge in [0.05, 0.1) is 6.85 Å². The standard InChI is InChI=1S/C44H26O/c1-2-10-29(11-3-1)42-33-13-6-5-12-30(33)26-40-37(42)21-19-28-17-18-31(25-39(28)40)32-23-24-41-43-35(32)15-8-16-36(43)38-22-20-27-9-4-7-14-34(27)44(38)45-41/h1-26H/i1D,2D,3D,10D,11D. The van der Waals surface area contributed by atoms with Crippen molar-refractivity contribution in [3.63, 3.8) is 0 Å². The van der Waals surface area contributed by atoms with Crippen LogP contribution in [-0.4, -0.2) is 0 Å². The van der Waals surface area contributed by atoms with Crippen LogP contribution in [0.3, 0.4) is 0 Å². The van der Waals surface area contributed by atoms with Crippen LogP contribution in [0.1, 0.15) is 6.85 Å². The van der Waals surface area contributed by atoms with Gasteiger partial charge in [-0.1, -0.05) is 133 Å². The van der Waals surface area contributed by atoms with Gasteiger partial charge in [0.15, 0.2) is 0 Å². The average Bonchev–Trinajstić information content (AvgIpc) is 3.16. The van der Waals surface area contributed by atoms with Gasteiger partial charge >= 0.3 is 0 Å². The smallest absolute Gasteiger partial charge is 0.143 e. The molecule has 1 heterocycles.